The van der Waals surface area contributed by atoms with Gasteiger partial charge >= 0.3 is 5.97 Å². The molecular weight excluding hydrogens is 298 g/mol. The molecule has 1 aromatic rings. The minimum absolute atomic E-state index is 0.0262. The molecular formula is C13H19NO4S2. The van der Waals surface area contributed by atoms with Gasteiger partial charge in [-0.1, -0.05) is 19.3 Å². The predicted octanol–water partition coefficient (Wildman–Crippen LogP) is 2.37. The zero-order valence-corrected chi connectivity index (χ0v) is 13.0. The monoisotopic (exact) mass is 317 g/mol. The minimum Gasteiger partial charge on any atom is -0.481 e. The summed E-state index contributed by atoms with van der Waals surface area (Å²) in [5.74, 6) is -0.901. The first-order valence-electron chi connectivity index (χ1n) is 6.65. The quantitative estimate of drug-likeness (QED) is 0.873. The molecule has 2 N–H and O–H groups in total. The minimum atomic E-state index is -3.61. The Bertz CT molecular complexity index is 585. The lowest BCUT2D eigenvalue weighted by atomic mass is 9.74. The lowest BCUT2D eigenvalue weighted by molar-refractivity contribution is -0.150. The summed E-state index contributed by atoms with van der Waals surface area (Å²) in [4.78, 5) is 12.4. The van der Waals surface area contributed by atoms with Gasteiger partial charge in [0, 0.05) is 11.4 Å². The molecule has 7 heteroatoms. The predicted molar refractivity (Wildman–Crippen MR) is 77.4 cm³/mol. The Kier molecular flexibility index (Phi) is 4.51. The molecule has 0 unspecified atom stereocenters. The van der Waals surface area contributed by atoms with Gasteiger partial charge in [0.15, 0.2) is 0 Å². The van der Waals surface area contributed by atoms with Crippen LogP contribution < -0.4 is 4.72 Å². The topological polar surface area (TPSA) is 83.5 Å². The van der Waals surface area contributed by atoms with Gasteiger partial charge in [-0.2, -0.15) is 0 Å². The van der Waals surface area contributed by atoms with Crippen LogP contribution in [-0.2, 0) is 14.8 Å². The van der Waals surface area contributed by atoms with Crippen LogP contribution in [0.3, 0.4) is 0 Å². The van der Waals surface area contributed by atoms with Crippen LogP contribution in [0.25, 0.3) is 0 Å². The maximum Gasteiger partial charge on any atom is 0.310 e. The molecule has 0 radical (unpaired) electrons. The van der Waals surface area contributed by atoms with Gasteiger partial charge in [0.1, 0.15) is 4.21 Å². The maximum absolute atomic E-state index is 12.2. The van der Waals surface area contributed by atoms with Crippen LogP contribution in [-0.4, -0.2) is 26.0 Å². The number of sulfonamides is 1. The van der Waals surface area contributed by atoms with E-state index in [-0.39, 0.29) is 10.8 Å². The molecule has 112 valence electrons. The number of carboxylic acids is 1. The Morgan fingerprint density at radius 2 is 2.00 bits per heavy atom. The van der Waals surface area contributed by atoms with E-state index in [0.29, 0.717) is 12.8 Å². The number of carbonyl (C=O) groups is 1. The van der Waals surface area contributed by atoms with E-state index in [4.69, 9.17) is 0 Å². The summed E-state index contributed by atoms with van der Waals surface area (Å²) < 4.78 is 27.0. The number of hydrogen-bond donors (Lipinski definition) is 2. The van der Waals surface area contributed by atoms with E-state index in [9.17, 15) is 18.3 Å². The Morgan fingerprint density at radius 3 is 2.50 bits per heavy atom. The highest BCUT2D eigenvalue weighted by molar-refractivity contribution is 7.91. The van der Waals surface area contributed by atoms with Crippen molar-refractivity contribution in [3.05, 3.63) is 17.0 Å². The van der Waals surface area contributed by atoms with Crippen molar-refractivity contribution in [2.24, 2.45) is 5.41 Å². The zero-order chi connectivity index (χ0) is 14.8. The van der Waals surface area contributed by atoms with E-state index in [1.165, 1.54) is 11.3 Å². The summed E-state index contributed by atoms with van der Waals surface area (Å²) in [7, 11) is -3.61. The van der Waals surface area contributed by atoms with Crippen LogP contribution in [0.1, 0.15) is 37.0 Å². The van der Waals surface area contributed by atoms with E-state index in [1.54, 1.807) is 12.1 Å². The highest BCUT2D eigenvalue weighted by atomic mass is 32.2. The smallest absolute Gasteiger partial charge is 0.310 e. The Balaban J connectivity index is 2.11. The van der Waals surface area contributed by atoms with E-state index in [0.717, 1.165) is 24.1 Å². The lowest BCUT2D eigenvalue weighted by Gasteiger charge is -2.33. The van der Waals surface area contributed by atoms with Crippen molar-refractivity contribution in [3.8, 4) is 0 Å². The van der Waals surface area contributed by atoms with E-state index in [2.05, 4.69) is 4.72 Å². The van der Waals surface area contributed by atoms with Crippen molar-refractivity contribution in [1.29, 1.82) is 0 Å². The summed E-state index contributed by atoms with van der Waals surface area (Å²) in [6.45, 7) is 1.81. The molecule has 20 heavy (non-hydrogen) atoms. The molecule has 1 aliphatic carbocycles. The van der Waals surface area contributed by atoms with Gasteiger partial charge in [0.05, 0.1) is 5.41 Å². The molecule has 0 aromatic carbocycles. The van der Waals surface area contributed by atoms with E-state index in [1.807, 2.05) is 6.92 Å². The fraction of sp³-hybridized carbons (Fsp3) is 0.615. The van der Waals surface area contributed by atoms with E-state index < -0.39 is 21.4 Å². The molecule has 1 aromatic heterocycles. The average molecular weight is 317 g/mol. The van der Waals surface area contributed by atoms with Gasteiger partial charge in [0.2, 0.25) is 10.0 Å². The van der Waals surface area contributed by atoms with Crippen molar-refractivity contribution >= 4 is 27.3 Å². The summed E-state index contributed by atoms with van der Waals surface area (Å²) >= 11 is 1.19. The van der Waals surface area contributed by atoms with Crippen molar-refractivity contribution in [3.63, 3.8) is 0 Å². The molecule has 2 rings (SSSR count). The van der Waals surface area contributed by atoms with Crippen molar-refractivity contribution in [2.75, 3.05) is 6.54 Å². The Labute approximate surface area is 123 Å². The van der Waals surface area contributed by atoms with Gasteiger partial charge in [-0.25, -0.2) is 13.1 Å². The Morgan fingerprint density at radius 1 is 1.35 bits per heavy atom. The fourth-order valence-corrected chi connectivity index (χ4v) is 5.01. The molecule has 0 saturated heterocycles. The van der Waals surface area contributed by atoms with Crippen molar-refractivity contribution < 1.29 is 18.3 Å². The highest BCUT2D eigenvalue weighted by Crippen LogP contribution is 2.36. The zero-order valence-electron chi connectivity index (χ0n) is 11.4. The molecule has 1 aliphatic rings. The highest BCUT2D eigenvalue weighted by Gasteiger charge is 2.40. The number of aliphatic carboxylic acids is 1. The normalized spacial score (nSPS) is 18.9. The van der Waals surface area contributed by atoms with Crippen LogP contribution in [0.5, 0.6) is 0 Å². The van der Waals surface area contributed by atoms with Crippen LogP contribution >= 0.6 is 11.3 Å². The summed E-state index contributed by atoms with van der Waals surface area (Å²) in [5.41, 5.74) is -0.947. The molecule has 1 fully saturated rings. The molecule has 5 nitrogen and oxygen atoms in total. The fourth-order valence-electron chi connectivity index (χ4n) is 2.56. The number of aryl methyl sites for hydroxylation is 1. The second kappa shape index (κ2) is 5.83. The maximum atomic E-state index is 12.2. The molecule has 0 amide bonds. The molecule has 1 heterocycles. The standard InChI is InChI=1S/C13H19NO4S2/c1-10-5-6-11(19-10)20(17,18)14-9-13(12(15)16)7-3-2-4-8-13/h5-6,14H,2-4,7-9H2,1H3,(H,15,16). The van der Waals surface area contributed by atoms with Crippen LogP contribution in [0, 0.1) is 12.3 Å². The average Bonchev–Trinajstić information content (AvgIpc) is 2.85. The molecule has 1 saturated carbocycles. The second-order valence-electron chi connectivity index (χ2n) is 5.34. The molecule has 0 spiro atoms. The van der Waals surface area contributed by atoms with Gasteiger partial charge < -0.3 is 5.11 Å². The van der Waals surface area contributed by atoms with Crippen molar-refractivity contribution in [1.82, 2.24) is 4.72 Å². The van der Waals surface area contributed by atoms with Crippen LogP contribution in [0.2, 0.25) is 0 Å². The van der Waals surface area contributed by atoms with Crippen LogP contribution in [0.15, 0.2) is 16.3 Å². The first-order chi connectivity index (χ1) is 9.36. The van der Waals surface area contributed by atoms with Gasteiger partial charge in [-0.3, -0.25) is 4.79 Å². The van der Waals surface area contributed by atoms with Gasteiger partial charge in [-0.05, 0) is 31.9 Å². The van der Waals surface area contributed by atoms with Gasteiger partial charge in [-0.15, -0.1) is 11.3 Å². The summed E-state index contributed by atoms with van der Waals surface area (Å²) in [6, 6.07) is 3.30. The number of rotatable bonds is 5. The summed E-state index contributed by atoms with van der Waals surface area (Å²) in [5, 5.41) is 9.43. The second-order valence-corrected chi connectivity index (χ2v) is 8.62. The van der Waals surface area contributed by atoms with Gasteiger partial charge in [0.25, 0.3) is 0 Å². The number of nitrogens with one attached hydrogen (secondary N) is 1. The third-order valence-corrected chi connectivity index (χ3v) is 6.74. The first-order valence-corrected chi connectivity index (χ1v) is 8.95. The number of carboxylic acid groups (broad SMARTS) is 1. The Hall–Kier alpha value is -0.920. The first kappa shape index (κ1) is 15.5. The molecule has 0 aliphatic heterocycles. The number of thiophene rings is 1. The van der Waals surface area contributed by atoms with Crippen molar-refractivity contribution in [2.45, 2.75) is 43.2 Å². The SMILES string of the molecule is Cc1ccc(S(=O)(=O)NCC2(C(=O)O)CCCCC2)s1. The molecule has 0 bridgehead atoms. The van der Waals surface area contributed by atoms with E-state index >= 15 is 0 Å². The molecule has 0 atom stereocenters. The third kappa shape index (κ3) is 3.21. The lowest BCUT2D eigenvalue weighted by Crippen LogP contribution is -2.44. The largest absolute Gasteiger partial charge is 0.481 e. The third-order valence-electron chi connectivity index (χ3n) is 3.85. The number of hydrogen-bond acceptors (Lipinski definition) is 4. The summed E-state index contributed by atoms with van der Waals surface area (Å²) in [6.07, 6.45) is 3.77. The van der Waals surface area contributed by atoms with Crippen LogP contribution in [0.4, 0.5) is 0 Å².